The largest absolute Gasteiger partial charge is 0.318 e. The van der Waals surface area contributed by atoms with Crippen molar-refractivity contribution in [3.8, 4) is 0 Å². The number of carbonyl (C=O) groups is 3. The molecule has 3 amide bonds. The van der Waals surface area contributed by atoms with Crippen LogP contribution in [0.15, 0.2) is 48.5 Å². The van der Waals surface area contributed by atoms with E-state index in [9.17, 15) is 24.5 Å². The number of hydrogen-bond acceptors (Lipinski definition) is 5. The molecule has 2 aromatic rings. The van der Waals surface area contributed by atoms with Gasteiger partial charge < -0.3 is 15.5 Å². The zero-order chi connectivity index (χ0) is 19.4. The molecule has 0 bridgehead atoms. The molecule has 0 radical (unpaired) electrons. The van der Waals surface area contributed by atoms with Crippen LogP contribution in [0.1, 0.15) is 12.8 Å². The first-order valence-corrected chi connectivity index (χ1v) is 8.21. The minimum Gasteiger partial charge on any atom is -0.318 e. The second kappa shape index (κ2) is 7.65. The normalized spacial score (nSPS) is 13.3. The van der Waals surface area contributed by atoms with Gasteiger partial charge in [0.05, 0.1) is 4.92 Å². The zero-order valence-electron chi connectivity index (χ0n) is 14.2. The Morgan fingerprint density at radius 1 is 1.00 bits per heavy atom. The highest BCUT2D eigenvalue weighted by Crippen LogP contribution is 2.24. The Labute approximate surface area is 154 Å². The number of hydrogen-bond donors (Lipinski definition) is 2. The van der Waals surface area contributed by atoms with Gasteiger partial charge in [0.15, 0.2) is 0 Å². The first kappa shape index (κ1) is 18.1. The molecule has 0 aliphatic carbocycles. The summed E-state index contributed by atoms with van der Waals surface area (Å²) in [5.41, 5.74) is 1.19. The number of amides is 3. The van der Waals surface area contributed by atoms with Gasteiger partial charge >= 0.3 is 11.8 Å². The van der Waals surface area contributed by atoms with Crippen molar-refractivity contribution in [2.24, 2.45) is 0 Å². The summed E-state index contributed by atoms with van der Waals surface area (Å²) in [5, 5.41) is 15.5. The van der Waals surface area contributed by atoms with Gasteiger partial charge in [-0.25, -0.2) is 0 Å². The van der Waals surface area contributed by atoms with Crippen molar-refractivity contribution in [2.45, 2.75) is 12.8 Å². The summed E-state index contributed by atoms with van der Waals surface area (Å²) in [7, 11) is 0. The van der Waals surface area contributed by atoms with Gasteiger partial charge in [-0.15, -0.1) is 0 Å². The van der Waals surface area contributed by atoms with Crippen molar-refractivity contribution in [3.63, 3.8) is 0 Å². The van der Waals surface area contributed by atoms with Crippen molar-refractivity contribution in [3.05, 3.63) is 58.6 Å². The molecule has 0 saturated carbocycles. The topological polar surface area (TPSA) is 122 Å². The van der Waals surface area contributed by atoms with E-state index in [0.717, 1.165) is 6.42 Å². The molecule has 9 heteroatoms. The van der Waals surface area contributed by atoms with Gasteiger partial charge in [-0.2, -0.15) is 0 Å². The number of nitro groups is 1. The maximum Gasteiger partial charge on any atom is 0.314 e. The highest BCUT2D eigenvalue weighted by atomic mass is 16.6. The van der Waals surface area contributed by atoms with E-state index in [-0.39, 0.29) is 17.3 Å². The molecule has 0 unspecified atom stereocenters. The van der Waals surface area contributed by atoms with E-state index in [1.165, 1.54) is 24.3 Å². The van der Waals surface area contributed by atoms with Crippen LogP contribution in [-0.4, -0.2) is 29.2 Å². The Morgan fingerprint density at radius 2 is 1.67 bits per heavy atom. The number of carbonyl (C=O) groups excluding carboxylic acids is 3. The van der Waals surface area contributed by atoms with Crippen LogP contribution in [-0.2, 0) is 14.4 Å². The zero-order valence-corrected chi connectivity index (χ0v) is 14.2. The van der Waals surface area contributed by atoms with Crippen LogP contribution in [0.5, 0.6) is 0 Å². The highest BCUT2D eigenvalue weighted by Gasteiger charge is 2.22. The standard InChI is InChI=1S/C18H16N4O5/c23-16-5-2-10-21(16)15-4-1-3-13(11-15)20-18(25)17(24)19-12-6-8-14(9-7-12)22(26)27/h1,3-4,6-9,11H,2,5,10H2,(H,19,24)(H,20,25). The highest BCUT2D eigenvalue weighted by molar-refractivity contribution is 6.43. The number of nitrogens with zero attached hydrogens (tertiary/aromatic N) is 2. The lowest BCUT2D eigenvalue weighted by molar-refractivity contribution is -0.384. The molecule has 1 aliphatic heterocycles. The Kier molecular flexibility index (Phi) is 5.11. The van der Waals surface area contributed by atoms with Gasteiger partial charge in [0, 0.05) is 42.2 Å². The van der Waals surface area contributed by atoms with Crippen LogP contribution in [0, 0.1) is 10.1 Å². The molecule has 1 saturated heterocycles. The molecule has 0 aromatic heterocycles. The molecule has 3 rings (SSSR count). The van der Waals surface area contributed by atoms with Crippen LogP contribution in [0.3, 0.4) is 0 Å². The molecule has 2 aromatic carbocycles. The molecule has 2 N–H and O–H groups in total. The number of non-ortho nitro benzene ring substituents is 1. The molecule has 1 aliphatic rings. The predicted molar refractivity (Wildman–Crippen MR) is 98.4 cm³/mol. The Morgan fingerprint density at radius 3 is 2.26 bits per heavy atom. The van der Waals surface area contributed by atoms with Gasteiger partial charge in [-0.3, -0.25) is 24.5 Å². The third-order valence-corrected chi connectivity index (χ3v) is 4.03. The quantitative estimate of drug-likeness (QED) is 0.487. The second-order valence-corrected chi connectivity index (χ2v) is 5.91. The van der Waals surface area contributed by atoms with Crippen LogP contribution < -0.4 is 15.5 Å². The number of rotatable bonds is 4. The van der Waals surface area contributed by atoms with E-state index in [0.29, 0.717) is 24.3 Å². The summed E-state index contributed by atoms with van der Waals surface area (Å²) >= 11 is 0. The molecular formula is C18H16N4O5. The number of nitrogens with one attached hydrogen (secondary N) is 2. The van der Waals surface area contributed by atoms with Crippen LogP contribution in [0.25, 0.3) is 0 Å². The SMILES string of the molecule is O=C(Nc1ccc([N+](=O)[O-])cc1)C(=O)Nc1cccc(N2CCCC2=O)c1. The van der Waals surface area contributed by atoms with Crippen LogP contribution in [0.2, 0.25) is 0 Å². The van der Waals surface area contributed by atoms with E-state index in [2.05, 4.69) is 10.6 Å². The Bertz CT molecular complexity index is 910. The number of nitro benzene ring substituents is 1. The fourth-order valence-electron chi connectivity index (χ4n) is 2.71. The summed E-state index contributed by atoms with van der Waals surface area (Å²) in [6.45, 7) is 0.622. The molecule has 1 heterocycles. The summed E-state index contributed by atoms with van der Waals surface area (Å²) < 4.78 is 0. The Hall–Kier alpha value is -3.75. The minimum absolute atomic E-state index is 0.0226. The van der Waals surface area contributed by atoms with Gasteiger partial charge in [0.2, 0.25) is 5.91 Å². The van der Waals surface area contributed by atoms with Gasteiger partial charge in [-0.05, 0) is 36.8 Å². The van der Waals surface area contributed by atoms with Crippen LogP contribution in [0.4, 0.5) is 22.7 Å². The van der Waals surface area contributed by atoms with E-state index >= 15 is 0 Å². The maximum atomic E-state index is 12.1. The van der Waals surface area contributed by atoms with Crippen molar-refractivity contribution >= 4 is 40.5 Å². The van der Waals surface area contributed by atoms with E-state index in [1.807, 2.05) is 0 Å². The van der Waals surface area contributed by atoms with Crippen molar-refractivity contribution in [1.29, 1.82) is 0 Å². The fraction of sp³-hybridized carbons (Fsp3) is 0.167. The van der Waals surface area contributed by atoms with Gasteiger partial charge in [-0.1, -0.05) is 6.07 Å². The van der Waals surface area contributed by atoms with Crippen LogP contribution >= 0.6 is 0 Å². The minimum atomic E-state index is -0.911. The second-order valence-electron chi connectivity index (χ2n) is 5.91. The number of benzene rings is 2. The van der Waals surface area contributed by atoms with E-state index in [4.69, 9.17) is 0 Å². The van der Waals surface area contributed by atoms with E-state index < -0.39 is 16.7 Å². The molecule has 9 nitrogen and oxygen atoms in total. The fourth-order valence-corrected chi connectivity index (χ4v) is 2.71. The van der Waals surface area contributed by atoms with Gasteiger partial charge in [0.25, 0.3) is 5.69 Å². The molecule has 138 valence electrons. The third kappa shape index (κ3) is 4.27. The average Bonchev–Trinajstić information content (AvgIpc) is 3.08. The lowest BCUT2D eigenvalue weighted by Gasteiger charge is -2.16. The Balaban J connectivity index is 1.63. The van der Waals surface area contributed by atoms with E-state index in [1.54, 1.807) is 29.2 Å². The lowest BCUT2D eigenvalue weighted by Crippen LogP contribution is -2.29. The summed E-state index contributed by atoms with van der Waals surface area (Å²) in [6, 6.07) is 11.8. The first-order chi connectivity index (χ1) is 12.9. The number of anilines is 3. The monoisotopic (exact) mass is 368 g/mol. The third-order valence-electron chi connectivity index (χ3n) is 4.03. The lowest BCUT2D eigenvalue weighted by atomic mass is 10.2. The summed E-state index contributed by atoms with van der Waals surface area (Å²) in [4.78, 5) is 47.6. The molecule has 27 heavy (non-hydrogen) atoms. The summed E-state index contributed by atoms with van der Waals surface area (Å²) in [6.07, 6.45) is 1.28. The van der Waals surface area contributed by atoms with Crippen molar-refractivity contribution in [2.75, 3.05) is 22.1 Å². The average molecular weight is 368 g/mol. The smallest absolute Gasteiger partial charge is 0.314 e. The van der Waals surface area contributed by atoms with Gasteiger partial charge in [0.1, 0.15) is 0 Å². The molecule has 1 fully saturated rings. The molecule has 0 atom stereocenters. The molecular weight excluding hydrogens is 352 g/mol. The maximum absolute atomic E-state index is 12.1. The first-order valence-electron chi connectivity index (χ1n) is 8.21. The van der Waals surface area contributed by atoms with Crippen molar-refractivity contribution in [1.82, 2.24) is 0 Å². The summed E-state index contributed by atoms with van der Waals surface area (Å²) in [5.74, 6) is -1.78. The predicted octanol–water partition coefficient (Wildman–Crippen LogP) is 2.30. The van der Waals surface area contributed by atoms with Crippen molar-refractivity contribution < 1.29 is 19.3 Å². The molecule has 0 spiro atoms.